The molecule has 168 valence electrons. The summed E-state index contributed by atoms with van der Waals surface area (Å²) < 4.78 is 2.27. The Balaban J connectivity index is 1.51. The van der Waals surface area contributed by atoms with Crippen molar-refractivity contribution >= 4 is 32.8 Å². The molecule has 0 fully saturated rings. The molecule has 0 spiro atoms. The van der Waals surface area contributed by atoms with Gasteiger partial charge < -0.3 is 9.67 Å². The number of phenolic OH excluding ortho intramolecular Hbond substituents is 1. The molecule has 0 saturated heterocycles. The molecule has 0 amide bonds. The zero-order valence-electron chi connectivity index (χ0n) is 19.4. The Labute approximate surface area is 197 Å². The van der Waals surface area contributed by atoms with Crippen molar-refractivity contribution in [1.82, 2.24) is 19.6 Å². The Morgan fingerprint density at radius 1 is 0.794 bits per heavy atom. The number of aryl methyl sites for hydroxylation is 2. The maximum Gasteiger partial charge on any atom is 0.146 e. The van der Waals surface area contributed by atoms with Crippen molar-refractivity contribution in [2.75, 3.05) is 0 Å². The molecule has 6 rings (SSSR count). The fraction of sp³-hybridized carbons (Fsp3) is 0.172. The SMILES string of the molecule is CCCCc1cc(C)cc(-n2nc3ccc(-n4c5ccccc5c5ccccc54)cc3n2)c1O. The van der Waals surface area contributed by atoms with Crippen molar-refractivity contribution in [2.24, 2.45) is 0 Å². The molecule has 0 radical (unpaired) electrons. The minimum absolute atomic E-state index is 0.266. The summed E-state index contributed by atoms with van der Waals surface area (Å²) in [5.41, 5.74) is 7.60. The lowest BCUT2D eigenvalue weighted by atomic mass is 10.0. The lowest BCUT2D eigenvalue weighted by Crippen LogP contribution is -2.02. The Morgan fingerprint density at radius 3 is 2.18 bits per heavy atom. The molecule has 0 saturated carbocycles. The smallest absolute Gasteiger partial charge is 0.146 e. The number of benzene rings is 4. The number of hydrogen-bond donors (Lipinski definition) is 1. The van der Waals surface area contributed by atoms with Gasteiger partial charge in [-0.1, -0.05) is 55.8 Å². The summed E-state index contributed by atoms with van der Waals surface area (Å²) in [5.74, 6) is 0.266. The van der Waals surface area contributed by atoms with Crippen molar-refractivity contribution in [1.29, 1.82) is 0 Å². The van der Waals surface area contributed by atoms with E-state index in [9.17, 15) is 5.11 Å². The highest BCUT2D eigenvalue weighted by Gasteiger charge is 2.16. The van der Waals surface area contributed by atoms with Crippen LogP contribution in [0.25, 0.3) is 44.2 Å². The molecule has 5 heteroatoms. The van der Waals surface area contributed by atoms with Gasteiger partial charge in [0.2, 0.25) is 0 Å². The number of hydrogen-bond acceptors (Lipinski definition) is 3. The van der Waals surface area contributed by atoms with Crippen LogP contribution in [0, 0.1) is 6.92 Å². The van der Waals surface area contributed by atoms with Crippen molar-refractivity contribution < 1.29 is 5.11 Å². The van der Waals surface area contributed by atoms with Gasteiger partial charge in [0.05, 0.1) is 11.0 Å². The highest BCUT2D eigenvalue weighted by atomic mass is 16.3. The lowest BCUT2D eigenvalue weighted by Gasteiger charge is -2.10. The second kappa shape index (κ2) is 8.03. The Kier molecular flexibility index (Phi) is 4.84. The van der Waals surface area contributed by atoms with Crippen molar-refractivity contribution in [3.8, 4) is 17.1 Å². The molecule has 2 aromatic heterocycles. The molecule has 0 aliphatic heterocycles. The van der Waals surface area contributed by atoms with E-state index in [0.717, 1.165) is 58.1 Å². The average Bonchev–Trinajstić information content (AvgIpc) is 3.43. The van der Waals surface area contributed by atoms with Crippen molar-refractivity contribution in [3.05, 3.63) is 90.0 Å². The second-order valence-electron chi connectivity index (χ2n) is 8.93. The first-order valence-corrected chi connectivity index (χ1v) is 11.8. The Morgan fingerprint density at radius 2 is 1.47 bits per heavy atom. The van der Waals surface area contributed by atoms with Gasteiger partial charge in [-0.25, -0.2) is 0 Å². The van der Waals surface area contributed by atoms with Crippen LogP contribution in [0.1, 0.15) is 30.9 Å². The molecule has 5 nitrogen and oxygen atoms in total. The standard InChI is InChI=1S/C29H26N4O/c1-3-4-9-20-16-19(2)17-28(29(20)34)33-30-24-15-14-21(18-25(24)31-33)32-26-12-7-5-10-22(26)23-11-6-8-13-27(23)32/h5-8,10-18,34H,3-4,9H2,1-2H3. The van der Waals surface area contributed by atoms with Gasteiger partial charge in [-0.3, -0.25) is 0 Å². The number of rotatable bonds is 5. The molecule has 34 heavy (non-hydrogen) atoms. The van der Waals surface area contributed by atoms with E-state index in [2.05, 4.69) is 83.3 Å². The molecule has 0 aliphatic carbocycles. The summed E-state index contributed by atoms with van der Waals surface area (Å²) in [5, 5.41) is 22.9. The van der Waals surface area contributed by atoms with Gasteiger partial charge in [-0.05, 0) is 67.3 Å². The number of nitrogens with zero attached hydrogens (tertiary/aromatic N) is 4. The number of aromatic hydroxyl groups is 1. The zero-order valence-corrected chi connectivity index (χ0v) is 19.4. The van der Waals surface area contributed by atoms with Gasteiger partial charge in [-0.2, -0.15) is 0 Å². The number of unbranched alkanes of at least 4 members (excludes halogenated alkanes) is 1. The van der Waals surface area contributed by atoms with E-state index in [-0.39, 0.29) is 5.75 Å². The van der Waals surface area contributed by atoms with E-state index in [1.807, 2.05) is 19.1 Å². The van der Waals surface area contributed by atoms with E-state index in [1.54, 1.807) is 4.80 Å². The second-order valence-corrected chi connectivity index (χ2v) is 8.93. The summed E-state index contributed by atoms with van der Waals surface area (Å²) >= 11 is 0. The molecule has 2 heterocycles. The van der Waals surface area contributed by atoms with Gasteiger partial charge in [0.1, 0.15) is 22.5 Å². The van der Waals surface area contributed by atoms with Gasteiger partial charge in [0.25, 0.3) is 0 Å². The maximum absolute atomic E-state index is 11.0. The summed E-state index contributed by atoms with van der Waals surface area (Å²) in [4.78, 5) is 1.57. The molecule has 4 aromatic carbocycles. The van der Waals surface area contributed by atoms with E-state index >= 15 is 0 Å². The predicted octanol–water partition coefficient (Wildman–Crippen LogP) is 6.87. The van der Waals surface area contributed by atoms with E-state index in [4.69, 9.17) is 5.10 Å². The molecule has 0 atom stereocenters. The Bertz CT molecular complexity index is 1620. The molecular weight excluding hydrogens is 420 g/mol. The fourth-order valence-electron chi connectivity index (χ4n) is 4.89. The highest BCUT2D eigenvalue weighted by molar-refractivity contribution is 6.09. The van der Waals surface area contributed by atoms with E-state index < -0.39 is 0 Å². The number of fused-ring (bicyclic) bond motifs is 4. The molecule has 6 aromatic rings. The predicted molar refractivity (Wildman–Crippen MR) is 138 cm³/mol. The first kappa shape index (κ1) is 20.5. The van der Waals surface area contributed by atoms with Crippen molar-refractivity contribution in [3.63, 3.8) is 0 Å². The minimum atomic E-state index is 0.266. The molecular formula is C29H26N4O. The van der Waals surface area contributed by atoms with Crippen LogP contribution in [-0.2, 0) is 6.42 Å². The summed E-state index contributed by atoms with van der Waals surface area (Å²) in [6, 6.07) is 27.1. The lowest BCUT2D eigenvalue weighted by molar-refractivity contribution is 0.459. The van der Waals surface area contributed by atoms with Crippen LogP contribution in [0.4, 0.5) is 0 Å². The molecule has 0 bridgehead atoms. The van der Waals surface area contributed by atoms with Crippen LogP contribution in [0.2, 0.25) is 0 Å². The molecule has 0 aliphatic rings. The number of aromatic nitrogens is 4. The largest absolute Gasteiger partial charge is 0.505 e. The van der Waals surface area contributed by atoms with E-state index in [0.29, 0.717) is 5.69 Å². The quantitative estimate of drug-likeness (QED) is 0.314. The normalized spacial score (nSPS) is 11.7. The molecule has 1 N–H and O–H groups in total. The number of phenols is 1. The minimum Gasteiger partial charge on any atom is -0.505 e. The summed E-state index contributed by atoms with van der Waals surface area (Å²) in [6.45, 7) is 4.20. The number of para-hydroxylation sites is 2. The first-order valence-electron chi connectivity index (χ1n) is 11.8. The summed E-state index contributed by atoms with van der Waals surface area (Å²) in [7, 11) is 0. The van der Waals surface area contributed by atoms with Gasteiger partial charge in [0.15, 0.2) is 0 Å². The maximum atomic E-state index is 11.0. The van der Waals surface area contributed by atoms with Crippen LogP contribution < -0.4 is 0 Å². The van der Waals surface area contributed by atoms with Crippen LogP contribution in [0.3, 0.4) is 0 Å². The third-order valence-electron chi connectivity index (χ3n) is 6.53. The Hall–Kier alpha value is -4.12. The summed E-state index contributed by atoms with van der Waals surface area (Å²) in [6.07, 6.45) is 2.96. The van der Waals surface area contributed by atoms with Crippen LogP contribution in [0.15, 0.2) is 78.9 Å². The highest BCUT2D eigenvalue weighted by Crippen LogP contribution is 2.33. The van der Waals surface area contributed by atoms with Crippen LogP contribution in [0.5, 0.6) is 5.75 Å². The van der Waals surface area contributed by atoms with E-state index in [1.165, 1.54) is 10.8 Å². The van der Waals surface area contributed by atoms with Gasteiger partial charge >= 0.3 is 0 Å². The van der Waals surface area contributed by atoms with Crippen LogP contribution in [-0.4, -0.2) is 24.7 Å². The molecule has 0 unspecified atom stereocenters. The topological polar surface area (TPSA) is 55.9 Å². The van der Waals surface area contributed by atoms with Gasteiger partial charge in [-0.15, -0.1) is 15.0 Å². The average molecular weight is 447 g/mol. The van der Waals surface area contributed by atoms with Gasteiger partial charge in [0, 0.05) is 16.5 Å². The monoisotopic (exact) mass is 446 g/mol. The third kappa shape index (κ3) is 3.24. The third-order valence-corrected chi connectivity index (χ3v) is 6.53. The van der Waals surface area contributed by atoms with Crippen molar-refractivity contribution in [2.45, 2.75) is 33.1 Å². The van der Waals surface area contributed by atoms with Crippen LogP contribution >= 0.6 is 0 Å². The first-order chi connectivity index (χ1) is 16.6. The zero-order chi connectivity index (χ0) is 23.2. The fourth-order valence-corrected chi connectivity index (χ4v) is 4.89.